The highest BCUT2D eigenvalue weighted by atomic mass is 19.4. The van der Waals surface area contributed by atoms with E-state index in [4.69, 9.17) is 6.42 Å². The third kappa shape index (κ3) is 2.41. The van der Waals surface area contributed by atoms with Crippen molar-refractivity contribution in [1.82, 2.24) is 4.98 Å². The fourth-order valence-corrected chi connectivity index (χ4v) is 1.74. The van der Waals surface area contributed by atoms with Crippen molar-refractivity contribution in [2.75, 3.05) is 0 Å². The average molecular weight is 289 g/mol. The standard InChI is InChI=1S/C13H5F6N/c1-2-7-6-10(13(17,18)19)20-11-8(7)4-3-5-9(11)12(14,15)16/h1,3-6H. The monoisotopic (exact) mass is 289 g/mol. The largest absolute Gasteiger partial charge is 0.433 e. The van der Waals surface area contributed by atoms with Crippen LogP contribution in [0.4, 0.5) is 26.3 Å². The predicted molar refractivity (Wildman–Crippen MR) is 59.7 cm³/mol. The molecule has 0 bridgehead atoms. The Bertz CT molecular complexity index is 706. The van der Waals surface area contributed by atoms with Crippen LogP contribution < -0.4 is 0 Å². The van der Waals surface area contributed by atoms with E-state index in [1.807, 2.05) is 5.92 Å². The third-order valence-electron chi connectivity index (χ3n) is 2.59. The molecule has 0 atom stereocenters. The van der Waals surface area contributed by atoms with Crippen LogP contribution in [-0.4, -0.2) is 4.98 Å². The molecule has 20 heavy (non-hydrogen) atoms. The van der Waals surface area contributed by atoms with E-state index in [2.05, 4.69) is 4.98 Å². The molecule has 0 unspecified atom stereocenters. The molecule has 0 spiro atoms. The normalized spacial score (nSPS) is 12.4. The Balaban J connectivity index is 2.91. The molecule has 2 aromatic rings. The Kier molecular flexibility index (Phi) is 3.12. The topological polar surface area (TPSA) is 12.9 Å². The second-order valence-electron chi connectivity index (χ2n) is 3.90. The second kappa shape index (κ2) is 4.40. The van der Waals surface area contributed by atoms with Gasteiger partial charge in [-0.25, -0.2) is 4.98 Å². The van der Waals surface area contributed by atoms with E-state index in [-0.39, 0.29) is 10.9 Å². The highest BCUT2D eigenvalue weighted by molar-refractivity contribution is 5.88. The van der Waals surface area contributed by atoms with Crippen molar-refractivity contribution in [2.24, 2.45) is 0 Å². The van der Waals surface area contributed by atoms with Gasteiger partial charge in [0.1, 0.15) is 5.69 Å². The van der Waals surface area contributed by atoms with Crippen LogP contribution in [0.1, 0.15) is 16.8 Å². The number of pyridine rings is 1. The van der Waals surface area contributed by atoms with E-state index in [9.17, 15) is 26.3 Å². The molecule has 0 fully saturated rings. The number of halogens is 6. The fraction of sp³-hybridized carbons (Fsp3) is 0.154. The minimum absolute atomic E-state index is 0.143. The van der Waals surface area contributed by atoms with E-state index in [1.54, 1.807) is 0 Å². The summed E-state index contributed by atoms with van der Waals surface area (Å²) in [5.41, 5.74) is -3.79. The Morgan fingerprint density at radius 2 is 1.65 bits per heavy atom. The van der Waals surface area contributed by atoms with Crippen molar-refractivity contribution in [3.05, 3.63) is 41.1 Å². The van der Waals surface area contributed by atoms with E-state index >= 15 is 0 Å². The van der Waals surface area contributed by atoms with Gasteiger partial charge in [0.15, 0.2) is 0 Å². The summed E-state index contributed by atoms with van der Waals surface area (Å²) < 4.78 is 76.4. The lowest BCUT2D eigenvalue weighted by Crippen LogP contribution is -2.12. The summed E-state index contributed by atoms with van der Waals surface area (Å²) in [5, 5.41) is -0.143. The molecule has 0 N–H and O–H groups in total. The summed E-state index contributed by atoms with van der Waals surface area (Å²) in [6, 6.07) is 3.49. The molecule has 0 aliphatic rings. The number of hydrogen-bond acceptors (Lipinski definition) is 1. The van der Waals surface area contributed by atoms with Gasteiger partial charge in [-0.2, -0.15) is 26.3 Å². The first-order valence-electron chi connectivity index (χ1n) is 5.19. The Hall–Kier alpha value is -2.23. The maximum atomic E-state index is 12.8. The molecular formula is C13H5F6N. The van der Waals surface area contributed by atoms with Gasteiger partial charge in [-0.3, -0.25) is 0 Å². The van der Waals surface area contributed by atoms with E-state index in [1.165, 1.54) is 6.07 Å². The number of nitrogens with zero attached hydrogens (tertiary/aromatic N) is 1. The maximum Gasteiger partial charge on any atom is 0.433 e. The fourth-order valence-electron chi connectivity index (χ4n) is 1.74. The molecule has 0 radical (unpaired) electrons. The molecular weight excluding hydrogens is 284 g/mol. The lowest BCUT2D eigenvalue weighted by Gasteiger charge is -2.13. The number of terminal acetylenes is 1. The highest BCUT2D eigenvalue weighted by Crippen LogP contribution is 2.37. The van der Waals surface area contributed by atoms with Crippen molar-refractivity contribution >= 4 is 10.9 Å². The zero-order chi connectivity index (χ0) is 15.1. The molecule has 0 amide bonds. The van der Waals surface area contributed by atoms with Crippen LogP contribution in [0.5, 0.6) is 0 Å². The maximum absolute atomic E-state index is 12.8. The first-order chi connectivity index (χ1) is 9.14. The Labute approximate surface area is 109 Å². The smallest absolute Gasteiger partial charge is 0.243 e. The highest BCUT2D eigenvalue weighted by Gasteiger charge is 2.37. The summed E-state index contributed by atoms with van der Waals surface area (Å²) in [4.78, 5) is 3.08. The number of aromatic nitrogens is 1. The zero-order valence-corrected chi connectivity index (χ0v) is 9.60. The zero-order valence-electron chi connectivity index (χ0n) is 9.60. The number of hydrogen-bond donors (Lipinski definition) is 0. The van der Waals surface area contributed by atoms with E-state index in [0.29, 0.717) is 12.1 Å². The van der Waals surface area contributed by atoms with Crippen molar-refractivity contribution in [2.45, 2.75) is 12.4 Å². The second-order valence-corrected chi connectivity index (χ2v) is 3.90. The quantitative estimate of drug-likeness (QED) is 0.522. The van der Waals surface area contributed by atoms with Gasteiger partial charge in [-0.1, -0.05) is 18.1 Å². The van der Waals surface area contributed by atoms with Crippen molar-refractivity contribution in [3.63, 3.8) is 0 Å². The van der Waals surface area contributed by atoms with Crippen molar-refractivity contribution < 1.29 is 26.3 Å². The van der Waals surface area contributed by atoms with Gasteiger partial charge in [-0.15, -0.1) is 6.42 Å². The predicted octanol–water partition coefficient (Wildman–Crippen LogP) is 4.25. The number of rotatable bonds is 0. The minimum Gasteiger partial charge on any atom is -0.243 e. The number of fused-ring (bicyclic) bond motifs is 1. The number of benzene rings is 1. The molecule has 104 valence electrons. The number of para-hydroxylation sites is 1. The summed E-state index contributed by atoms with van der Waals surface area (Å²) in [7, 11) is 0. The summed E-state index contributed by atoms with van der Waals surface area (Å²) in [6.07, 6.45) is -4.63. The molecule has 1 aromatic carbocycles. The van der Waals surface area contributed by atoms with Crippen molar-refractivity contribution in [3.8, 4) is 12.3 Å². The molecule has 0 saturated carbocycles. The van der Waals surface area contributed by atoms with E-state index in [0.717, 1.165) is 6.07 Å². The van der Waals surface area contributed by atoms with E-state index < -0.39 is 29.1 Å². The van der Waals surface area contributed by atoms with Crippen LogP contribution in [0.2, 0.25) is 0 Å². The number of alkyl halides is 6. The Morgan fingerprint density at radius 3 is 2.15 bits per heavy atom. The lowest BCUT2D eigenvalue weighted by molar-refractivity contribution is -0.142. The molecule has 0 saturated heterocycles. The van der Waals surface area contributed by atoms with Crippen LogP contribution in [0.25, 0.3) is 10.9 Å². The van der Waals surface area contributed by atoms with Crippen molar-refractivity contribution in [1.29, 1.82) is 0 Å². The molecule has 1 heterocycles. The molecule has 1 nitrogen and oxygen atoms in total. The molecule has 0 aliphatic carbocycles. The third-order valence-corrected chi connectivity index (χ3v) is 2.59. The van der Waals surface area contributed by atoms with Gasteiger partial charge in [-0.05, 0) is 12.1 Å². The van der Waals surface area contributed by atoms with Crippen LogP contribution in [0.3, 0.4) is 0 Å². The lowest BCUT2D eigenvalue weighted by atomic mass is 10.0. The molecule has 1 aromatic heterocycles. The minimum atomic E-state index is -4.88. The van der Waals surface area contributed by atoms with Gasteiger partial charge >= 0.3 is 12.4 Å². The first kappa shape index (κ1) is 14.2. The summed E-state index contributed by atoms with van der Waals surface area (Å²) >= 11 is 0. The van der Waals surface area contributed by atoms with Crippen LogP contribution >= 0.6 is 0 Å². The molecule has 0 aliphatic heterocycles. The van der Waals surface area contributed by atoms with Crippen LogP contribution in [-0.2, 0) is 12.4 Å². The van der Waals surface area contributed by atoms with Gasteiger partial charge in [0.25, 0.3) is 0 Å². The first-order valence-corrected chi connectivity index (χ1v) is 5.19. The summed E-state index contributed by atoms with van der Waals surface area (Å²) in [5.74, 6) is 1.95. The van der Waals surface area contributed by atoms with Gasteiger partial charge in [0, 0.05) is 10.9 Å². The van der Waals surface area contributed by atoms with Gasteiger partial charge < -0.3 is 0 Å². The van der Waals surface area contributed by atoms with Crippen LogP contribution in [0.15, 0.2) is 24.3 Å². The van der Waals surface area contributed by atoms with Gasteiger partial charge in [0.05, 0.1) is 11.1 Å². The van der Waals surface area contributed by atoms with Gasteiger partial charge in [0.2, 0.25) is 0 Å². The van der Waals surface area contributed by atoms with Crippen LogP contribution in [0, 0.1) is 12.3 Å². The molecule has 7 heteroatoms. The average Bonchev–Trinajstić information content (AvgIpc) is 2.34. The SMILES string of the molecule is C#Cc1cc(C(F)(F)F)nc2c(C(F)(F)F)cccc12. The summed E-state index contributed by atoms with van der Waals surface area (Å²) in [6.45, 7) is 0. The Morgan fingerprint density at radius 1 is 1.00 bits per heavy atom. The molecule has 2 rings (SSSR count).